The minimum atomic E-state index is -0.761. The summed E-state index contributed by atoms with van der Waals surface area (Å²) in [6.07, 6.45) is 4.12. The number of aliphatic hydroxyl groups excluding tert-OH is 1. The first-order chi connectivity index (χ1) is 15.5. The highest BCUT2D eigenvalue weighted by Gasteiger charge is 2.22. The highest BCUT2D eigenvalue weighted by Crippen LogP contribution is 2.30. The van der Waals surface area contributed by atoms with E-state index in [1.807, 2.05) is 0 Å². The maximum Gasteiger partial charge on any atom is 0.276 e. The summed E-state index contributed by atoms with van der Waals surface area (Å²) >= 11 is 0. The van der Waals surface area contributed by atoms with E-state index in [0.29, 0.717) is 37.3 Å². The average molecular weight is 439 g/mol. The molecule has 0 saturated carbocycles. The molecule has 3 heterocycles. The van der Waals surface area contributed by atoms with Crippen molar-refractivity contribution in [1.29, 1.82) is 0 Å². The number of piperidine rings is 1. The van der Waals surface area contributed by atoms with Gasteiger partial charge >= 0.3 is 0 Å². The Balaban J connectivity index is 1.66. The van der Waals surface area contributed by atoms with Crippen molar-refractivity contribution in [2.75, 3.05) is 35.7 Å². The van der Waals surface area contributed by atoms with Crippen molar-refractivity contribution in [1.82, 2.24) is 9.97 Å². The smallest absolute Gasteiger partial charge is 0.276 e. The van der Waals surface area contributed by atoms with Gasteiger partial charge in [-0.05, 0) is 43.2 Å². The molecule has 3 N–H and O–H groups in total. The van der Waals surface area contributed by atoms with E-state index in [0.717, 1.165) is 17.8 Å². The number of rotatable bonds is 5. The molecular weight excluding hydrogens is 416 g/mol. The second-order valence-corrected chi connectivity index (χ2v) is 7.50. The molecule has 1 aliphatic heterocycles. The molecule has 1 aromatic carbocycles. The number of carbonyl (C=O) groups is 1. The first kappa shape index (κ1) is 21.6. The van der Waals surface area contributed by atoms with E-state index >= 15 is 0 Å². The van der Waals surface area contributed by atoms with E-state index < -0.39 is 17.5 Å². The van der Waals surface area contributed by atoms with Crippen LogP contribution in [0.2, 0.25) is 0 Å². The number of aliphatic hydroxyl groups is 1. The Morgan fingerprint density at radius 2 is 1.81 bits per heavy atom. The van der Waals surface area contributed by atoms with Crippen LogP contribution in [0.5, 0.6) is 0 Å². The van der Waals surface area contributed by atoms with Crippen LogP contribution in [0, 0.1) is 11.6 Å². The number of nitrogens with one attached hydrogen (secondary N) is 2. The summed E-state index contributed by atoms with van der Waals surface area (Å²) in [5.74, 6) is -2.06. The van der Waals surface area contributed by atoms with Crippen molar-refractivity contribution in [3.05, 3.63) is 66.1 Å². The lowest BCUT2D eigenvalue weighted by Crippen LogP contribution is -2.36. The molecule has 0 atom stereocenters. The standard InChI is InChI=1S/C23H23F2N5O2/c1-26-18-6-5-17(21-15(24)3-2-4-16(21)25)28-22(18)23(32)29-19-13-27-10-7-20(19)30-11-8-14(31)9-12-30/h2-7,10,13-14,26,31H,8-9,11-12H2,1H3,(H,29,32). The predicted octanol–water partition coefficient (Wildman–Crippen LogP) is 3.68. The second-order valence-electron chi connectivity index (χ2n) is 7.50. The van der Waals surface area contributed by atoms with E-state index in [4.69, 9.17) is 0 Å². The first-order valence-corrected chi connectivity index (χ1v) is 10.3. The van der Waals surface area contributed by atoms with Crippen LogP contribution in [0.15, 0.2) is 48.8 Å². The fourth-order valence-corrected chi connectivity index (χ4v) is 3.76. The van der Waals surface area contributed by atoms with Crippen LogP contribution in [0.1, 0.15) is 23.3 Å². The molecule has 0 bridgehead atoms. The van der Waals surface area contributed by atoms with Gasteiger partial charge in [-0.1, -0.05) is 6.07 Å². The lowest BCUT2D eigenvalue weighted by Gasteiger charge is -2.32. The van der Waals surface area contributed by atoms with Gasteiger partial charge in [-0.15, -0.1) is 0 Å². The Hall–Kier alpha value is -3.59. The van der Waals surface area contributed by atoms with Crippen LogP contribution in [0.25, 0.3) is 11.3 Å². The van der Waals surface area contributed by atoms with E-state index in [-0.39, 0.29) is 23.1 Å². The normalized spacial score (nSPS) is 14.3. The number of halogens is 2. The zero-order valence-electron chi connectivity index (χ0n) is 17.5. The minimum absolute atomic E-state index is 0.00322. The molecule has 1 aliphatic rings. The first-order valence-electron chi connectivity index (χ1n) is 10.3. The molecule has 0 aliphatic carbocycles. The minimum Gasteiger partial charge on any atom is -0.393 e. The Kier molecular flexibility index (Phi) is 6.27. The summed E-state index contributed by atoms with van der Waals surface area (Å²) in [6, 6.07) is 8.36. The van der Waals surface area contributed by atoms with Gasteiger partial charge in [-0.3, -0.25) is 9.78 Å². The number of carbonyl (C=O) groups excluding carboxylic acids is 1. The summed E-state index contributed by atoms with van der Waals surface area (Å²) in [5.41, 5.74) is 1.40. The van der Waals surface area contributed by atoms with Crippen LogP contribution >= 0.6 is 0 Å². The van der Waals surface area contributed by atoms with Gasteiger partial charge in [0.2, 0.25) is 0 Å². The number of benzene rings is 1. The van der Waals surface area contributed by atoms with E-state index in [9.17, 15) is 18.7 Å². The van der Waals surface area contributed by atoms with Crippen LogP contribution in [0.4, 0.5) is 25.8 Å². The molecular formula is C23H23F2N5O2. The molecule has 3 aromatic rings. The monoisotopic (exact) mass is 439 g/mol. The Labute approximate surface area is 184 Å². The summed E-state index contributed by atoms with van der Waals surface area (Å²) in [7, 11) is 1.63. The number of hydrogen-bond donors (Lipinski definition) is 3. The fraction of sp³-hybridized carbons (Fsp3) is 0.261. The SMILES string of the molecule is CNc1ccc(-c2c(F)cccc2F)nc1C(=O)Nc1cnccc1N1CCC(O)CC1. The zero-order chi connectivity index (χ0) is 22.7. The Bertz CT molecular complexity index is 1110. The Morgan fingerprint density at radius 1 is 1.09 bits per heavy atom. The van der Waals surface area contributed by atoms with E-state index in [2.05, 4.69) is 25.5 Å². The van der Waals surface area contributed by atoms with Crippen molar-refractivity contribution in [2.45, 2.75) is 18.9 Å². The quantitative estimate of drug-likeness (QED) is 0.562. The Morgan fingerprint density at radius 3 is 2.50 bits per heavy atom. The number of aromatic nitrogens is 2. The van der Waals surface area contributed by atoms with Crippen molar-refractivity contribution in [3.8, 4) is 11.3 Å². The molecule has 0 spiro atoms. The zero-order valence-corrected chi connectivity index (χ0v) is 17.5. The van der Waals surface area contributed by atoms with Gasteiger partial charge < -0.3 is 20.6 Å². The topological polar surface area (TPSA) is 90.4 Å². The van der Waals surface area contributed by atoms with Gasteiger partial charge in [-0.25, -0.2) is 13.8 Å². The van der Waals surface area contributed by atoms with Crippen LogP contribution in [0.3, 0.4) is 0 Å². The van der Waals surface area contributed by atoms with Crippen molar-refractivity contribution in [3.63, 3.8) is 0 Å². The van der Waals surface area contributed by atoms with Gasteiger partial charge in [-0.2, -0.15) is 0 Å². The number of anilines is 3. The van der Waals surface area contributed by atoms with E-state index in [1.165, 1.54) is 18.3 Å². The molecule has 1 saturated heterocycles. The highest BCUT2D eigenvalue weighted by molar-refractivity contribution is 6.08. The van der Waals surface area contributed by atoms with Crippen LogP contribution < -0.4 is 15.5 Å². The average Bonchev–Trinajstić information content (AvgIpc) is 2.80. The lowest BCUT2D eigenvalue weighted by molar-refractivity contribution is 0.102. The number of pyridine rings is 2. The van der Waals surface area contributed by atoms with E-state index in [1.54, 1.807) is 25.4 Å². The third-order valence-electron chi connectivity index (χ3n) is 5.45. The van der Waals surface area contributed by atoms with Gasteiger partial charge in [0, 0.05) is 26.3 Å². The van der Waals surface area contributed by atoms with Crippen molar-refractivity contribution >= 4 is 23.0 Å². The van der Waals surface area contributed by atoms with Gasteiger partial charge in [0.15, 0.2) is 5.69 Å². The molecule has 2 aromatic heterocycles. The van der Waals surface area contributed by atoms with Gasteiger partial charge in [0.05, 0.1) is 40.6 Å². The second kappa shape index (κ2) is 9.27. The molecule has 0 radical (unpaired) electrons. The molecule has 32 heavy (non-hydrogen) atoms. The van der Waals surface area contributed by atoms with Crippen LogP contribution in [-0.2, 0) is 0 Å². The lowest BCUT2D eigenvalue weighted by atomic mass is 10.1. The molecule has 7 nitrogen and oxygen atoms in total. The fourth-order valence-electron chi connectivity index (χ4n) is 3.76. The third kappa shape index (κ3) is 4.38. The summed E-state index contributed by atoms with van der Waals surface area (Å²) in [6.45, 7) is 1.30. The summed E-state index contributed by atoms with van der Waals surface area (Å²) in [5, 5.41) is 15.5. The summed E-state index contributed by atoms with van der Waals surface area (Å²) < 4.78 is 28.5. The number of amides is 1. The maximum absolute atomic E-state index is 14.3. The highest BCUT2D eigenvalue weighted by atomic mass is 19.1. The molecule has 166 valence electrons. The van der Waals surface area contributed by atoms with Crippen molar-refractivity contribution in [2.24, 2.45) is 0 Å². The van der Waals surface area contributed by atoms with Gasteiger partial charge in [0.1, 0.15) is 11.6 Å². The predicted molar refractivity (Wildman–Crippen MR) is 119 cm³/mol. The molecule has 0 unspecified atom stereocenters. The molecule has 4 rings (SSSR count). The summed E-state index contributed by atoms with van der Waals surface area (Å²) in [4.78, 5) is 23.6. The maximum atomic E-state index is 14.3. The van der Waals surface area contributed by atoms with Crippen molar-refractivity contribution < 1.29 is 18.7 Å². The van der Waals surface area contributed by atoms with Gasteiger partial charge in [0.25, 0.3) is 5.91 Å². The number of nitrogens with zero attached hydrogens (tertiary/aromatic N) is 3. The molecule has 1 amide bonds. The molecule has 1 fully saturated rings. The third-order valence-corrected chi connectivity index (χ3v) is 5.45. The largest absolute Gasteiger partial charge is 0.393 e. The number of hydrogen-bond acceptors (Lipinski definition) is 6. The van der Waals surface area contributed by atoms with Crippen LogP contribution in [-0.4, -0.2) is 47.2 Å². The molecule has 9 heteroatoms.